The van der Waals surface area contributed by atoms with Gasteiger partial charge in [-0.1, -0.05) is 46.0 Å². The Morgan fingerprint density at radius 3 is 2.57 bits per heavy atom. The van der Waals surface area contributed by atoms with E-state index in [0.29, 0.717) is 6.04 Å². The average molecular weight is 296 g/mol. The van der Waals surface area contributed by atoms with Crippen molar-refractivity contribution in [1.29, 1.82) is 0 Å². The molecule has 0 spiro atoms. The third-order valence-corrected chi connectivity index (χ3v) is 6.53. The maximum atomic E-state index is 6.11. The minimum absolute atomic E-state index is 0.257. The second-order valence-corrected chi connectivity index (χ2v) is 8.04. The number of rotatable bonds is 5. The second kappa shape index (κ2) is 7.43. The average Bonchev–Trinajstić information content (AvgIpc) is 2.48. The summed E-state index contributed by atoms with van der Waals surface area (Å²) < 4.78 is 0. The van der Waals surface area contributed by atoms with Crippen LogP contribution in [0.2, 0.25) is 0 Å². The number of nitrogens with zero attached hydrogens (tertiary/aromatic N) is 1. The first-order chi connectivity index (χ1) is 10.0. The lowest BCUT2D eigenvalue weighted by atomic mass is 9.64. The Morgan fingerprint density at radius 1 is 1.24 bits per heavy atom. The molecule has 2 aliphatic rings. The van der Waals surface area contributed by atoms with E-state index >= 15 is 0 Å². The number of hydrazine groups is 1. The summed E-state index contributed by atoms with van der Waals surface area (Å²) in [4.78, 5) is 2.49. The third-order valence-electron chi connectivity index (χ3n) is 6.53. The van der Waals surface area contributed by atoms with Crippen LogP contribution in [0.5, 0.6) is 0 Å². The number of hydrogen-bond acceptors (Lipinski definition) is 3. The van der Waals surface area contributed by atoms with Gasteiger partial charge in [-0.3, -0.25) is 11.3 Å². The highest BCUT2D eigenvalue weighted by Gasteiger charge is 2.47. The van der Waals surface area contributed by atoms with Crippen molar-refractivity contribution in [2.75, 3.05) is 14.1 Å². The van der Waals surface area contributed by atoms with Gasteiger partial charge in [-0.05, 0) is 57.5 Å². The summed E-state index contributed by atoms with van der Waals surface area (Å²) >= 11 is 0. The third kappa shape index (κ3) is 3.62. The molecule has 3 nitrogen and oxygen atoms in total. The molecule has 0 aromatic rings. The summed E-state index contributed by atoms with van der Waals surface area (Å²) in [6.45, 7) is 4.77. The molecule has 0 saturated heterocycles. The van der Waals surface area contributed by atoms with Gasteiger partial charge < -0.3 is 4.90 Å². The van der Waals surface area contributed by atoms with Gasteiger partial charge in [0.05, 0.1) is 0 Å². The van der Waals surface area contributed by atoms with Crippen molar-refractivity contribution in [2.24, 2.45) is 23.6 Å². The molecule has 2 aliphatic carbocycles. The van der Waals surface area contributed by atoms with Crippen LogP contribution in [0.15, 0.2) is 0 Å². The van der Waals surface area contributed by atoms with Gasteiger partial charge in [-0.15, -0.1) is 0 Å². The second-order valence-electron chi connectivity index (χ2n) is 8.04. The molecule has 124 valence electrons. The zero-order valence-corrected chi connectivity index (χ0v) is 14.7. The van der Waals surface area contributed by atoms with E-state index in [2.05, 4.69) is 38.3 Å². The van der Waals surface area contributed by atoms with Crippen molar-refractivity contribution in [2.45, 2.75) is 83.2 Å². The highest BCUT2D eigenvalue weighted by molar-refractivity contribution is 5.04. The van der Waals surface area contributed by atoms with Crippen molar-refractivity contribution in [1.82, 2.24) is 10.3 Å². The molecule has 0 bridgehead atoms. The fourth-order valence-electron chi connectivity index (χ4n) is 5.27. The molecule has 0 aromatic carbocycles. The predicted molar refractivity (Wildman–Crippen MR) is 90.9 cm³/mol. The SMILES string of the molecule is CCC1CCCC(C(NN)C2(N(C)C)CCCC(C)C2)C1. The van der Waals surface area contributed by atoms with Gasteiger partial charge in [0.15, 0.2) is 0 Å². The smallest absolute Gasteiger partial charge is 0.0422 e. The molecule has 0 aromatic heterocycles. The first kappa shape index (κ1) is 17.2. The van der Waals surface area contributed by atoms with Crippen LogP contribution < -0.4 is 11.3 Å². The number of hydrogen-bond donors (Lipinski definition) is 2. The Bertz CT molecular complexity index is 318. The normalized spacial score (nSPS) is 39.4. The highest BCUT2D eigenvalue weighted by Crippen LogP contribution is 2.44. The molecule has 21 heavy (non-hydrogen) atoms. The molecular weight excluding hydrogens is 258 g/mol. The number of likely N-dealkylation sites (N-methyl/N-ethyl adjacent to an activating group) is 1. The van der Waals surface area contributed by atoms with E-state index in [1.165, 1.54) is 57.8 Å². The summed E-state index contributed by atoms with van der Waals surface area (Å²) in [6.07, 6.45) is 12.2. The van der Waals surface area contributed by atoms with E-state index in [0.717, 1.165) is 17.8 Å². The van der Waals surface area contributed by atoms with Crippen molar-refractivity contribution >= 4 is 0 Å². The molecule has 0 amide bonds. The molecule has 0 heterocycles. The van der Waals surface area contributed by atoms with Crippen molar-refractivity contribution in [3.05, 3.63) is 0 Å². The van der Waals surface area contributed by atoms with Gasteiger partial charge in [0.1, 0.15) is 0 Å². The fraction of sp³-hybridized carbons (Fsp3) is 1.00. The summed E-state index contributed by atoms with van der Waals surface area (Å²) in [5.41, 5.74) is 3.54. The van der Waals surface area contributed by atoms with Crippen LogP contribution in [0.4, 0.5) is 0 Å². The summed E-state index contributed by atoms with van der Waals surface area (Å²) in [6, 6.07) is 0.449. The zero-order chi connectivity index (χ0) is 15.5. The summed E-state index contributed by atoms with van der Waals surface area (Å²) in [7, 11) is 4.53. The van der Waals surface area contributed by atoms with Crippen LogP contribution in [0.1, 0.15) is 71.6 Å². The van der Waals surface area contributed by atoms with Crippen LogP contribution in [-0.2, 0) is 0 Å². The Labute approximate surface area is 132 Å². The lowest BCUT2D eigenvalue weighted by Crippen LogP contribution is -2.65. The lowest BCUT2D eigenvalue weighted by molar-refractivity contribution is 0.00313. The largest absolute Gasteiger partial charge is 0.302 e. The Kier molecular flexibility index (Phi) is 6.10. The van der Waals surface area contributed by atoms with Crippen LogP contribution in [0.3, 0.4) is 0 Å². The quantitative estimate of drug-likeness (QED) is 0.602. The van der Waals surface area contributed by atoms with E-state index in [9.17, 15) is 0 Å². The van der Waals surface area contributed by atoms with Gasteiger partial charge in [-0.25, -0.2) is 0 Å². The summed E-state index contributed by atoms with van der Waals surface area (Å²) in [5.74, 6) is 8.60. The topological polar surface area (TPSA) is 41.3 Å². The van der Waals surface area contributed by atoms with Gasteiger partial charge in [0.2, 0.25) is 0 Å². The Balaban J connectivity index is 2.19. The predicted octanol–water partition coefficient (Wildman–Crippen LogP) is 3.55. The van der Waals surface area contributed by atoms with E-state index in [1.807, 2.05) is 0 Å². The molecule has 5 atom stereocenters. The monoisotopic (exact) mass is 295 g/mol. The van der Waals surface area contributed by atoms with Crippen LogP contribution in [0.25, 0.3) is 0 Å². The molecule has 5 unspecified atom stereocenters. The highest BCUT2D eigenvalue weighted by atomic mass is 15.3. The molecule has 0 aliphatic heterocycles. The molecule has 0 radical (unpaired) electrons. The Morgan fingerprint density at radius 2 is 2.00 bits per heavy atom. The van der Waals surface area contributed by atoms with E-state index < -0.39 is 0 Å². The van der Waals surface area contributed by atoms with Gasteiger partial charge in [0.25, 0.3) is 0 Å². The van der Waals surface area contributed by atoms with Crippen molar-refractivity contribution < 1.29 is 0 Å². The Hall–Kier alpha value is -0.120. The van der Waals surface area contributed by atoms with Crippen molar-refractivity contribution in [3.63, 3.8) is 0 Å². The molecule has 2 saturated carbocycles. The first-order valence-electron chi connectivity index (χ1n) is 9.17. The van der Waals surface area contributed by atoms with Gasteiger partial charge in [-0.2, -0.15) is 0 Å². The van der Waals surface area contributed by atoms with E-state index in [4.69, 9.17) is 5.84 Å². The number of nitrogens with two attached hydrogens (primary N) is 1. The van der Waals surface area contributed by atoms with Gasteiger partial charge >= 0.3 is 0 Å². The van der Waals surface area contributed by atoms with Crippen LogP contribution >= 0.6 is 0 Å². The van der Waals surface area contributed by atoms with Crippen LogP contribution in [-0.4, -0.2) is 30.6 Å². The molecular formula is C18H37N3. The molecule has 3 N–H and O–H groups in total. The minimum Gasteiger partial charge on any atom is -0.302 e. The summed E-state index contributed by atoms with van der Waals surface area (Å²) in [5, 5.41) is 0. The maximum absolute atomic E-state index is 6.11. The molecule has 3 heteroatoms. The fourth-order valence-corrected chi connectivity index (χ4v) is 5.27. The zero-order valence-electron chi connectivity index (χ0n) is 14.7. The molecule has 2 rings (SSSR count). The van der Waals surface area contributed by atoms with E-state index in [-0.39, 0.29) is 5.54 Å². The molecule has 2 fully saturated rings. The van der Waals surface area contributed by atoms with Crippen molar-refractivity contribution in [3.8, 4) is 0 Å². The number of nitrogens with one attached hydrogen (secondary N) is 1. The maximum Gasteiger partial charge on any atom is 0.0422 e. The van der Waals surface area contributed by atoms with Gasteiger partial charge in [0, 0.05) is 11.6 Å². The van der Waals surface area contributed by atoms with E-state index in [1.54, 1.807) is 0 Å². The minimum atomic E-state index is 0.257. The standard InChI is InChI=1S/C18H37N3/c1-5-15-9-6-10-16(12-15)17(20-19)18(21(3)4)11-7-8-14(2)13-18/h14-17,20H,5-13,19H2,1-4H3. The first-order valence-corrected chi connectivity index (χ1v) is 9.17. The van der Waals surface area contributed by atoms with Crippen LogP contribution in [0, 0.1) is 17.8 Å². The lowest BCUT2D eigenvalue weighted by Gasteiger charge is -2.53.